The Balaban J connectivity index is 1.40. The summed E-state index contributed by atoms with van der Waals surface area (Å²) < 4.78 is 17.0. The lowest BCUT2D eigenvalue weighted by atomic mass is 10.1. The van der Waals surface area contributed by atoms with Crippen LogP contribution < -0.4 is 10.5 Å². The van der Waals surface area contributed by atoms with Gasteiger partial charge in [0.15, 0.2) is 11.5 Å². The number of imidazole rings is 1. The molecule has 0 bridgehead atoms. The van der Waals surface area contributed by atoms with Gasteiger partial charge in [0.2, 0.25) is 0 Å². The third-order valence-electron chi connectivity index (χ3n) is 7.39. The molecule has 0 radical (unpaired) electrons. The number of ether oxygens (including phenoxy) is 2. The van der Waals surface area contributed by atoms with E-state index in [2.05, 4.69) is 10.6 Å². The van der Waals surface area contributed by atoms with Crippen LogP contribution >= 0.6 is 0 Å². The molecule has 4 aromatic rings. The van der Waals surface area contributed by atoms with Crippen molar-refractivity contribution < 1.29 is 19.1 Å². The van der Waals surface area contributed by atoms with E-state index in [1.807, 2.05) is 35.6 Å². The summed E-state index contributed by atoms with van der Waals surface area (Å²) in [6.07, 6.45) is 4.68. The fourth-order valence-corrected chi connectivity index (χ4v) is 5.46. The molecule has 37 heavy (non-hydrogen) atoms. The highest BCUT2D eigenvalue weighted by Gasteiger charge is 2.29. The van der Waals surface area contributed by atoms with Crippen LogP contribution in [-0.2, 0) is 25.4 Å². The van der Waals surface area contributed by atoms with E-state index in [9.17, 15) is 9.59 Å². The first-order chi connectivity index (χ1) is 17.8. The largest absolute Gasteiger partial charge is 0.494 e. The van der Waals surface area contributed by atoms with Crippen LogP contribution in [0.3, 0.4) is 0 Å². The zero-order valence-electron chi connectivity index (χ0n) is 21.3. The number of nitrogens with zero attached hydrogens (tertiary/aromatic N) is 6. The number of hydrogen-bond acceptors (Lipinski definition) is 6. The van der Waals surface area contributed by atoms with Crippen LogP contribution in [0.25, 0.3) is 33.6 Å². The molecule has 1 aliphatic heterocycles. The summed E-state index contributed by atoms with van der Waals surface area (Å²) in [6.45, 7) is 1.80. The highest BCUT2D eigenvalue weighted by Crippen LogP contribution is 2.37. The number of amides is 2. The second kappa shape index (κ2) is 8.82. The minimum atomic E-state index is -0.821. The van der Waals surface area contributed by atoms with E-state index < -0.39 is 12.2 Å². The Bertz CT molecular complexity index is 1530. The van der Waals surface area contributed by atoms with Gasteiger partial charge in [0.05, 0.1) is 24.9 Å². The van der Waals surface area contributed by atoms with Gasteiger partial charge in [-0.05, 0) is 49.8 Å². The van der Waals surface area contributed by atoms with Crippen LogP contribution in [0.2, 0.25) is 0 Å². The minimum absolute atomic E-state index is 0.155. The first kappa shape index (κ1) is 23.4. The number of rotatable bonds is 6. The Kier molecular flexibility index (Phi) is 5.58. The van der Waals surface area contributed by atoms with Crippen LogP contribution in [0.15, 0.2) is 24.4 Å². The molecule has 0 spiro atoms. The molecule has 4 heterocycles. The summed E-state index contributed by atoms with van der Waals surface area (Å²) >= 11 is 0. The summed E-state index contributed by atoms with van der Waals surface area (Å²) in [4.78, 5) is 31.3. The zero-order valence-corrected chi connectivity index (χ0v) is 21.3. The van der Waals surface area contributed by atoms with Crippen LogP contribution in [0.5, 0.6) is 5.75 Å². The fourth-order valence-electron chi connectivity index (χ4n) is 5.46. The van der Waals surface area contributed by atoms with Crippen LogP contribution in [-0.4, -0.2) is 67.1 Å². The molecule has 1 saturated heterocycles. The topological polar surface area (TPSA) is 122 Å². The number of hydrogen-bond donors (Lipinski definition) is 1. The number of fused-ring (bicyclic) bond motifs is 2. The molecule has 1 aliphatic carbocycles. The average Bonchev–Trinajstić information content (AvgIpc) is 3.42. The molecule has 11 heteroatoms. The van der Waals surface area contributed by atoms with Crippen LogP contribution in [0.1, 0.15) is 36.0 Å². The van der Waals surface area contributed by atoms with E-state index >= 15 is 0 Å². The lowest BCUT2D eigenvalue weighted by Gasteiger charge is -2.32. The molecule has 1 atom stereocenters. The molecule has 2 fully saturated rings. The van der Waals surface area contributed by atoms with Gasteiger partial charge < -0.3 is 29.2 Å². The number of likely N-dealkylation sites (tertiary alicyclic amines) is 1. The second-order valence-electron chi connectivity index (χ2n) is 10.2. The van der Waals surface area contributed by atoms with Gasteiger partial charge in [0.1, 0.15) is 17.4 Å². The van der Waals surface area contributed by atoms with Gasteiger partial charge in [-0.25, -0.2) is 9.78 Å². The van der Waals surface area contributed by atoms with Crippen molar-refractivity contribution in [3.63, 3.8) is 0 Å². The Hall–Kier alpha value is -4.02. The monoisotopic (exact) mass is 505 g/mol. The quantitative estimate of drug-likeness (QED) is 0.430. The summed E-state index contributed by atoms with van der Waals surface area (Å²) in [5.41, 5.74) is 9.12. The Morgan fingerprint density at radius 2 is 1.97 bits per heavy atom. The molecule has 3 aromatic heterocycles. The van der Waals surface area contributed by atoms with E-state index in [1.165, 1.54) is 12.8 Å². The molecular formula is C26H31N7O4. The van der Waals surface area contributed by atoms with Crippen molar-refractivity contribution in [2.24, 2.45) is 25.7 Å². The number of methoxy groups -OCH3 is 1. The SMILES string of the molecule is COc1cc(C(=O)N2CCCC(OC(N)=O)C2)cc2nc(-c3cc4cn(C)nc4n3CC3CC3)n(C)c12. The van der Waals surface area contributed by atoms with Crippen molar-refractivity contribution in [1.29, 1.82) is 0 Å². The Labute approximate surface area is 213 Å². The summed E-state index contributed by atoms with van der Waals surface area (Å²) in [6, 6.07) is 5.71. The number of carbonyl (C=O) groups excluding carboxylic acids is 2. The summed E-state index contributed by atoms with van der Waals surface area (Å²) in [5.74, 6) is 1.88. The maximum Gasteiger partial charge on any atom is 0.404 e. The van der Waals surface area contributed by atoms with Gasteiger partial charge in [0.25, 0.3) is 5.91 Å². The molecule has 11 nitrogen and oxygen atoms in total. The predicted octanol–water partition coefficient (Wildman–Crippen LogP) is 3.05. The van der Waals surface area contributed by atoms with Crippen LogP contribution in [0, 0.1) is 5.92 Å². The minimum Gasteiger partial charge on any atom is -0.494 e. The molecule has 194 valence electrons. The van der Waals surface area contributed by atoms with Gasteiger partial charge in [-0.3, -0.25) is 9.48 Å². The van der Waals surface area contributed by atoms with Crippen molar-refractivity contribution in [3.05, 3.63) is 30.0 Å². The predicted molar refractivity (Wildman–Crippen MR) is 137 cm³/mol. The molecule has 2 N–H and O–H groups in total. The number of piperidine rings is 1. The highest BCUT2D eigenvalue weighted by atomic mass is 16.6. The molecule has 1 saturated carbocycles. The highest BCUT2D eigenvalue weighted by molar-refractivity contribution is 6.00. The van der Waals surface area contributed by atoms with Crippen molar-refractivity contribution in [2.45, 2.75) is 38.3 Å². The van der Waals surface area contributed by atoms with E-state index in [0.29, 0.717) is 42.3 Å². The standard InChI is InChI=1S/C26H31N7O4/c1-30-13-17-10-20(33(23(17)29-30)12-15-6-7-15)24-28-19-9-16(11-21(36-3)22(19)31(24)2)25(34)32-8-4-5-18(14-32)37-26(27)35/h9-11,13,15,18H,4-8,12,14H2,1-3H3,(H2,27,35). The van der Waals surface area contributed by atoms with Crippen LogP contribution in [0.4, 0.5) is 4.79 Å². The van der Waals surface area contributed by atoms with E-state index in [0.717, 1.165) is 41.0 Å². The van der Waals surface area contributed by atoms with Crippen molar-refractivity contribution >= 4 is 34.1 Å². The van der Waals surface area contributed by atoms with E-state index in [-0.39, 0.29) is 5.91 Å². The molecular weight excluding hydrogens is 474 g/mol. The number of benzene rings is 1. The molecule has 2 amide bonds. The van der Waals surface area contributed by atoms with Crippen molar-refractivity contribution in [3.8, 4) is 17.3 Å². The number of nitrogens with two attached hydrogens (primary N) is 1. The first-order valence-corrected chi connectivity index (χ1v) is 12.7. The first-order valence-electron chi connectivity index (χ1n) is 12.7. The molecule has 1 unspecified atom stereocenters. The lowest BCUT2D eigenvalue weighted by Crippen LogP contribution is -2.44. The number of aromatic nitrogens is 5. The molecule has 6 rings (SSSR count). The number of carbonyl (C=O) groups is 2. The Morgan fingerprint density at radius 1 is 1.16 bits per heavy atom. The average molecular weight is 506 g/mol. The number of aryl methyl sites for hydroxylation is 2. The van der Waals surface area contributed by atoms with Gasteiger partial charge in [0, 0.05) is 44.3 Å². The van der Waals surface area contributed by atoms with Gasteiger partial charge in [-0.15, -0.1) is 0 Å². The third kappa shape index (κ3) is 4.17. The Morgan fingerprint density at radius 3 is 2.70 bits per heavy atom. The van der Waals surface area contributed by atoms with E-state index in [4.69, 9.17) is 25.3 Å². The normalized spacial score (nSPS) is 18.0. The summed E-state index contributed by atoms with van der Waals surface area (Å²) in [5, 5.41) is 5.77. The smallest absolute Gasteiger partial charge is 0.404 e. The van der Waals surface area contributed by atoms with Gasteiger partial charge in [-0.2, -0.15) is 5.10 Å². The second-order valence-corrected chi connectivity index (χ2v) is 10.2. The van der Waals surface area contributed by atoms with Crippen molar-refractivity contribution in [1.82, 2.24) is 28.8 Å². The summed E-state index contributed by atoms with van der Waals surface area (Å²) in [7, 11) is 5.50. The number of primary amides is 1. The lowest BCUT2D eigenvalue weighted by molar-refractivity contribution is 0.0373. The maximum atomic E-state index is 13.5. The van der Waals surface area contributed by atoms with Gasteiger partial charge in [-0.1, -0.05) is 0 Å². The zero-order chi connectivity index (χ0) is 25.8. The van der Waals surface area contributed by atoms with E-state index in [1.54, 1.807) is 18.1 Å². The van der Waals surface area contributed by atoms with Gasteiger partial charge >= 0.3 is 6.09 Å². The van der Waals surface area contributed by atoms with Crippen molar-refractivity contribution in [2.75, 3.05) is 20.2 Å². The maximum absolute atomic E-state index is 13.5. The third-order valence-corrected chi connectivity index (χ3v) is 7.39. The fraction of sp³-hybridized carbons (Fsp3) is 0.462. The molecule has 1 aromatic carbocycles. The molecule has 2 aliphatic rings.